The van der Waals surface area contributed by atoms with E-state index in [1.165, 1.54) is 6.07 Å². The Morgan fingerprint density at radius 2 is 2.06 bits per heavy atom. The van der Waals surface area contributed by atoms with E-state index in [1.54, 1.807) is 37.4 Å². The summed E-state index contributed by atoms with van der Waals surface area (Å²) in [5, 5.41) is 1.59. The van der Waals surface area contributed by atoms with Crippen LogP contribution in [0.3, 0.4) is 0 Å². The van der Waals surface area contributed by atoms with Crippen LogP contribution in [0.25, 0.3) is 0 Å². The van der Waals surface area contributed by atoms with Crippen LogP contribution in [0.15, 0.2) is 24.3 Å². The van der Waals surface area contributed by atoms with Crippen molar-refractivity contribution in [2.24, 2.45) is 5.73 Å². The summed E-state index contributed by atoms with van der Waals surface area (Å²) in [7, 11) is 3.31. The van der Waals surface area contributed by atoms with Crippen LogP contribution in [0.1, 0.15) is 24.9 Å². The average molecular weight is 226 g/mol. The number of nitrogens with zero attached hydrogens (tertiary/aromatic N) is 1. The van der Waals surface area contributed by atoms with Crippen LogP contribution in [0.4, 0.5) is 4.39 Å². The Hall–Kier alpha value is -0.970. The van der Waals surface area contributed by atoms with E-state index in [1.807, 2.05) is 6.92 Å². The highest BCUT2D eigenvalue weighted by Crippen LogP contribution is 2.25. The fourth-order valence-electron chi connectivity index (χ4n) is 1.75. The first-order valence-electron chi connectivity index (χ1n) is 5.38. The van der Waals surface area contributed by atoms with Crippen molar-refractivity contribution in [3.8, 4) is 0 Å². The molecule has 0 radical (unpaired) electrons. The predicted molar refractivity (Wildman–Crippen MR) is 62.2 cm³/mol. The van der Waals surface area contributed by atoms with Gasteiger partial charge in [-0.25, -0.2) is 4.39 Å². The molecule has 1 aromatic rings. The smallest absolute Gasteiger partial charge is 0.128 e. The Morgan fingerprint density at radius 3 is 2.56 bits per heavy atom. The number of hydrogen-bond acceptors (Lipinski definition) is 3. The van der Waals surface area contributed by atoms with Gasteiger partial charge in [0.15, 0.2) is 0 Å². The maximum absolute atomic E-state index is 13.7. The van der Waals surface area contributed by atoms with Gasteiger partial charge in [-0.05, 0) is 12.5 Å². The molecule has 0 saturated heterocycles. The topological polar surface area (TPSA) is 38.5 Å². The van der Waals surface area contributed by atoms with Gasteiger partial charge in [0.05, 0.1) is 13.2 Å². The summed E-state index contributed by atoms with van der Waals surface area (Å²) >= 11 is 0. The number of hydroxylamine groups is 2. The lowest BCUT2D eigenvalue weighted by Crippen LogP contribution is -2.38. The maximum Gasteiger partial charge on any atom is 0.128 e. The van der Waals surface area contributed by atoms with E-state index in [4.69, 9.17) is 10.6 Å². The SMILES string of the molecule is CCC(N)C(c1ccccc1F)N(C)OC. The number of hydrogen-bond donors (Lipinski definition) is 1. The molecule has 0 aromatic heterocycles. The van der Waals surface area contributed by atoms with Crippen molar-refractivity contribution in [3.05, 3.63) is 35.6 Å². The molecule has 1 rings (SSSR count). The van der Waals surface area contributed by atoms with E-state index in [0.717, 1.165) is 6.42 Å². The summed E-state index contributed by atoms with van der Waals surface area (Å²) in [5.74, 6) is -0.250. The van der Waals surface area contributed by atoms with Gasteiger partial charge >= 0.3 is 0 Å². The molecule has 0 amide bonds. The Kier molecular flexibility index (Phi) is 4.86. The number of benzene rings is 1. The molecule has 0 spiro atoms. The van der Waals surface area contributed by atoms with Crippen molar-refractivity contribution in [1.29, 1.82) is 0 Å². The van der Waals surface area contributed by atoms with Crippen molar-refractivity contribution in [1.82, 2.24) is 5.06 Å². The summed E-state index contributed by atoms with van der Waals surface area (Å²) in [6.07, 6.45) is 0.757. The molecule has 0 heterocycles. The first-order valence-corrected chi connectivity index (χ1v) is 5.38. The third-order valence-corrected chi connectivity index (χ3v) is 2.78. The summed E-state index contributed by atoms with van der Waals surface area (Å²) < 4.78 is 13.7. The summed E-state index contributed by atoms with van der Waals surface area (Å²) in [6.45, 7) is 1.97. The molecule has 0 saturated carbocycles. The van der Waals surface area contributed by atoms with Crippen molar-refractivity contribution >= 4 is 0 Å². The highest BCUT2D eigenvalue weighted by Gasteiger charge is 2.25. The van der Waals surface area contributed by atoms with Crippen LogP contribution in [0, 0.1) is 5.82 Å². The van der Waals surface area contributed by atoms with Crippen molar-refractivity contribution < 1.29 is 9.23 Å². The van der Waals surface area contributed by atoms with E-state index >= 15 is 0 Å². The minimum atomic E-state index is -0.267. The summed E-state index contributed by atoms with van der Waals surface area (Å²) in [5.41, 5.74) is 6.58. The Bertz CT molecular complexity index is 323. The van der Waals surface area contributed by atoms with Crippen LogP contribution >= 0.6 is 0 Å². The molecule has 2 unspecified atom stereocenters. The minimum Gasteiger partial charge on any atom is -0.326 e. The van der Waals surface area contributed by atoms with Gasteiger partial charge in [-0.15, -0.1) is 0 Å². The van der Waals surface area contributed by atoms with Crippen LogP contribution in [0.2, 0.25) is 0 Å². The van der Waals surface area contributed by atoms with E-state index in [9.17, 15) is 4.39 Å². The number of likely N-dealkylation sites (N-methyl/N-ethyl adjacent to an activating group) is 1. The lowest BCUT2D eigenvalue weighted by atomic mass is 9.97. The van der Waals surface area contributed by atoms with Gasteiger partial charge in [-0.1, -0.05) is 25.1 Å². The molecule has 1 aromatic carbocycles. The number of nitrogens with two attached hydrogens (primary N) is 1. The molecule has 0 fully saturated rings. The molecule has 4 heteroatoms. The third-order valence-electron chi connectivity index (χ3n) is 2.78. The molecular weight excluding hydrogens is 207 g/mol. The maximum atomic E-state index is 13.7. The van der Waals surface area contributed by atoms with Gasteiger partial charge in [-0.3, -0.25) is 0 Å². The Balaban J connectivity index is 3.06. The fraction of sp³-hybridized carbons (Fsp3) is 0.500. The van der Waals surface area contributed by atoms with Crippen LogP contribution in [-0.2, 0) is 4.84 Å². The second kappa shape index (κ2) is 5.94. The Labute approximate surface area is 96.0 Å². The van der Waals surface area contributed by atoms with Gasteiger partial charge in [0.2, 0.25) is 0 Å². The van der Waals surface area contributed by atoms with E-state index in [-0.39, 0.29) is 17.9 Å². The summed E-state index contributed by atoms with van der Waals surface area (Å²) in [6, 6.07) is 6.22. The zero-order valence-electron chi connectivity index (χ0n) is 9.98. The largest absolute Gasteiger partial charge is 0.326 e. The zero-order valence-corrected chi connectivity index (χ0v) is 9.98. The highest BCUT2D eigenvalue weighted by atomic mass is 19.1. The zero-order chi connectivity index (χ0) is 12.1. The molecule has 16 heavy (non-hydrogen) atoms. The van der Waals surface area contributed by atoms with Gasteiger partial charge in [0.25, 0.3) is 0 Å². The minimum absolute atomic E-state index is 0.165. The molecule has 0 aliphatic rings. The second-order valence-corrected chi connectivity index (χ2v) is 3.77. The highest BCUT2D eigenvalue weighted by molar-refractivity contribution is 5.22. The van der Waals surface area contributed by atoms with E-state index in [0.29, 0.717) is 5.56 Å². The van der Waals surface area contributed by atoms with Crippen LogP contribution in [-0.4, -0.2) is 25.3 Å². The first-order chi connectivity index (χ1) is 7.61. The van der Waals surface area contributed by atoms with Crippen LogP contribution in [0.5, 0.6) is 0 Å². The molecule has 2 N–H and O–H groups in total. The lowest BCUT2D eigenvalue weighted by molar-refractivity contribution is -0.148. The van der Waals surface area contributed by atoms with Gasteiger partial charge in [0, 0.05) is 18.7 Å². The molecule has 2 atom stereocenters. The average Bonchev–Trinajstić information content (AvgIpc) is 2.31. The monoisotopic (exact) mass is 226 g/mol. The predicted octanol–water partition coefficient (Wildman–Crippen LogP) is 2.10. The summed E-state index contributed by atoms with van der Waals surface area (Å²) in [4.78, 5) is 5.13. The van der Waals surface area contributed by atoms with Crippen molar-refractivity contribution in [3.63, 3.8) is 0 Å². The van der Waals surface area contributed by atoms with E-state index < -0.39 is 0 Å². The van der Waals surface area contributed by atoms with Gasteiger partial charge in [0.1, 0.15) is 5.82 Å². The number of halogens is 1. The first kappa shape index (κ1) is 13.1. The van der Waals surface area contributed by atoms with Gasteiger partial charge in [-0.2, -0.15) is 5.06 Å². The molecule has 90 valence electrons. The van der Waals surface area contributed by atoms with Crippen molar-refractivity contribution in [2.75, 3.05) is 14.2 Å². The fourth-order valence-corrected chi connectivity index (χ4v) is 1.75. The normalized spacial score (nSPS) is 15.1. The molecular formula is C12H19FN2O. The lowest BCUT2D eigenvalue weighted by Gasteiger charge is -2.30. The van der Waals surface area contributed by atoms with Crippen LogP contribution < -0.4 is 5.73 Å². The quantitative estimate of drug-likeness (QED) is 0.781. The standard InChI is InChI=1S/C12H19FN2O/c1-4-11(14)12(15(2)16-3)9-7-5-6-8-10(9)13/h5-8,11-12H,4,14H2,1-3H3. The molecule has 0 bridgehead atoms. The second-order valence-electron chi connectivity index (χ2n) is 3.77. The molecule has 3 nitrogen and oxygen atoms in total. The number of rotatable bonds is 5. The van der Waals surface area contributed by atoms with Gasteiger partial charge < -0.3 is 10.6 Å². The third kappa shape index (κ3) is 2.78. The van der Waals surface area contributed by atoms with E-state index in [2.05, 4.69) is 0 Å². The Morgan fingerprint density at radius 1 is 1.44 bits per heavy atom. The molecule has 0 aliphatic carbocycles. The van der Waals surface area contributed by atoms with Crippen molar-refractivity contribution in [2.45, 2.75) is 25.4 Å². The molecule has 0 aliphatic heterocycles.